The number of anilines is 1. The molecule has 1 aliphatic heterocycles. The van der Waals surface area contributed by atoms with Crippen LogP contribution in [-0.2, 0) is 21.4 Å². The molecule has 5 rings (SSSR count). The molecule has 9 nitrogen and oxygen atoms in total. The maximum Gasteiger partial charge on any atom is 0.293 e. The molecule has 2 aliphatic rings. The summed E-state index contributed by atoms with van der Waals surface area (Å²) in [6, 6.07) is 7.06. The predicted molar refractivity (Wildman–Crippen MR) is 141 cm³/mol. The Hall–Kier alpha value is -3.99. The number of rotatable bonds is 9. The van der Waals surface area contributed by atoms with E-state index in [9.17, 15) is 14.4 Å². The molecule has 0 saturated heterocycles. The van der Waals surface area contributed by atoms with E-state index >= 15 is 8.78 Å². The van der Waals surface area contributed by atoms with E-state index in [2.05, 4.69) is 10.5 Å². The van der Waals surface area contributed by atoms with Gasteiger partial charge in [-0.3, -0.25) is 14.4 Å². The Morgan fingerprint density at radius 1 is 1.15 bits per heavy atom. The van der Waals surface area contributed by atoms with Gasteiger partial charge < -0.3 is 24.2 Å². The van der Waals surface area contributed by atoms with Crippen molar-refractivity contribution < 1.29 is 32.4 Å². The van der Waals surface area contributed by atoms with Crippen molar-refractivity contribution in [3.05, 3.63) is 80.8 Å². The number of aromatic nitrogens is 1. The normalized spacial score (nSPS) is 16.9. The number of halogens is 2. The minimum atomic E-state index is -1.17. The van der Waals surface area contributed by atoms with Crippen LogP contribution >= 0.6 is 0 Å². The zero-order chi connectivity index (χ0) is 28.6. The van der Waals surface area contributed by atoms with Crippen molar-refractivity contribution in [1.29, 1.82) is 0 Å². The second-order valence-corrected chi connectivity index (χ2v) is 10.9. The van der Waals surface area contributed by atoms with Gasteiger partial charge in [-0.1, -0.05) is 19.9 Å². The lowest BCUT2D eigenvalue weighted by Gasteiger charge is -2.36. The smallest absolute Gasteiger partial charge is 0.293 e. The first-order valence-electron chi connectivity index (χ1n) is 13.1. The van der Waals surface area contributed by atoms with Gasteiger partial charge in [-0.25, -0.2) is 8.78 Å². The van der Waals surface area contributed by atoms with Gasteiger partial charge in [0, 0.05) is 29.8 Å². The minimum absolute atomic E-state index is 0.0975. The summed E-state index contributed by atoms with van der Waals surface area (Å²) in [6.07, 6.45) is 2.63. The zero-order valence-corrected chi connectivity index (χ0v) is 22.5. The van der Waals surface area contributed by atoms with Gasteiger partial charge >= 0.3 is 0 Å². The number of carbonyl (C=O) groups is 2. The van der Waals surface area contributed by atoms with E-state index in [0.717, 1.165) is 36.6 Å². The SMILES string of the molecule is COc1ccc2c(c1)CCN(C(=O)c1cc(=O)[nH]o1)C2C(=O)Nc1cc(F)c(C(C)(C)COCC2CC2)c(F)c1. The number of amides is 2. The summed E-state index contributed by atoms with van der Waals surface area (Å²) in [5.74, 6) is -2.15. The molecule has 0 bridgehead atoms. The molecule has 40 heavy (non-hydrogen) atoms. The molecule has 0 radical (unpaired) electrons. The van der Waals surface area contributed by atoms with Crippen molar-refractivity contribution in [2.45, 2.75) is 44.6 Å². The number of nitrogens with zero attached hydrogens (tertiary/aromatic N) is 1. The van der Waals surface area contributed by atoms with E-state index in [1.807, 2.05) is 0 Å². The molecule has 212 valence electrons. The highest BCUT2D eigenvalue weighted by Crippen LogP contribution is 2.36. The van der Waals surface area contributed by atoms with E-state index in [1.54, 1.807) is 32.0 Å². The van der Waals surface area contributed by atoms with Crippen LogP contribution in [0.4, 0.5) is 14.5 Å². The third-order valence-corrected chi connectivity index (χ3v) is 7.32. The van der Waals surface area contributed by atoms with Crippen LogP contribution in [0.3, 0.4) is 0 Å². The number of hydrogen-bond acceptors (Lipinski definition) is 6. The van der Waals surface area contributed by atoms with Gasteiger partial charge in [-0.05, 0) is 60.6 Å². The number of methoxy groups -OCH3 is 1. The summed E-state index contributed by atoms with van der Waals surface area (Å²) in [4.78, 5) is 39.7. The highest BCUT2D eigenvalue weighted by atomic mass is 19.1. The number of hydrogen-bond donors (Lipinski definition) is 2. The zero-order valence-electron chi connectivity index (χ0n) is 22.5. The van der Waals surface area contributed by atoms with Gasteiger partial charge in [-0.2, -0.15) is 5.16 Å². The maximum atomic E-state index is 15.3. The molecule has 1 fully saturated rings. The van der Waals surface area contributed by atoms with E-state index < -0.39 is 40.5 Å². The Morgan fingerprint density at radius 3 is 2.50 bits per heavy atom. The third kappa shape index (κ3) is 5.65. The van der Waals surface area contributed by atoms with E-state index in [0.29, 0.717) is 30.3 Å². The molecule has 1 saturated carbocycles. The fraction of sp³-hybridized carbons (Fsp3) is 0.414. The van der Waals surface area contributed by atoms with Crippen molar-refractivity contribution in [2.24, 2.45) is 5.92 Å². The molecular weight excluding hydrogens is 524 g/mol. The molecule has 2 heterocycles. The van der Waals surface area contributed by atoms with Gasteiger partial charge in [0.1, 0.15) is 23.4 Å². The monoisotopic (exact) mass is 555 g/mol. The first kappa shape index (κ1) is 27.6. The molecule has 1 aliphatic carbocycles. The van der Waals surface area contributed by atoms with Gasteiger partial charge in [0.2, 0.25) is 5.76 Å². The number of nitrogens with one attached hydrogen (secondary N) is 2. The van der Waals surface area contributed by atoms with Crippen molar-refractivity contribution in [2.75, 3.05) is 32.2 Å². The lowest BCUT2D eigenvalue weighted by Crippen LogP contribution is -2.45. The quantitative estimate of drug-likeness (QED) is 0.406. The Kier molecular flexibility index (Phi) is 7.50. The lowest BCUT2D eigenvalue weighted by atomic mass is 9.84. The van der Waals surface area contributed by atoms with Crippen LogP contribution < -0.4 is 15.6 Å². The number of fused-ring (bicyclic) bond motifs is 1. The Labute approximate surface area is 229 Å². The summed E-state index contributed by atoms with van der Waals surface area (Å²) in [6.45, 7) is 4.25. The van der Waals surface area contributed by atoms with Crippen molar-refractivity contribution in [3.8, 4) is 5.75 Å². The molecule has 3 aromatic rings. The molecule has 2 N–H and O–H groups in total. The summed E-state index contributed by atoms with van der Waals surface area (Å²) in [5, 5.41) is 4.64. The Balaban J connectivity index is 1.42. The lowest BCUT2D eigenvalue weighted by molar-refractivity contribution is -0.121. The summed E-state index contributed by atoms with van der Waals surface area (Å²) in [7, 11) is 1.52. The summed E-state index contributed by atoms with van der Waals surface area (Å²) < 4.78 is 46.5. The molecule has 0 spiro atoms. The number of ether oxygens (including phenoxy) is 2. The molecule has 1 aromatic heterocycles. The second kappa shape index (κ2) is 10.9. The first-order valence-corrected chi connectivity index (χ1v) is 13.1. The Morgan fingerprint density at radius 2 is 1.88 bits per heavy atom. The average Bonchev–Trinajstić information content (AvgIpc) is 3.63. The standard InChI is InChI=1S/C29H31F2N3O6/c1-29(2,15-39-14-16-4-5-16)25-21(30)11-18(12-22(25)31)32-27(36)26-20-7-6-19(38-3)10-17(20)8-9-34(26)28(37)23-13-24(35)33-40-23/h6-7,10-13,16,26H,4-5,8-9,14-15H2,1-3H3,(H,32,36)(H,33,35). The Bertz CT molecular complexity index is 1470. The molecular formula is C29H31F2N3O6. The van der Waals surface area contributed by atoms with Crippen LogP contribution in [-0.4, -0.2) is 48.7 Å². The van der Waals surface area contributed by atoms with E-state index in [1.165, 1.54) is 12.0 Å². The van der Waals surface area contributed by atoms with Gasteiger partial charge in [-0.15, -0.1) is 0 Å². The number of carbonyl (C=O) groups excluding carboxylic acids is 2. The number of H-pyrrole nitrogens is 1. The van der Waals surface area contributed by atoms with Crippen molar-refractivity contribution in [1.82, 2.24) is 10.1 Å². The highest BCUT2D eigenvalue weighted by molar-refractivity contribution is 6.01. The van der Waals surface area contributed by atoms with Gasteiger partial charge in [0.15, 0.2) is 0 Å². The van der Waals surface area contributed by atoms with Gasteiger partial charge in [0.05, 0.1) is 19.8 Å². The van der Waals surface area contributed by atoms with Crippen LogP contribution in [0.15, 0.2) is 45.7 Å². The van der Waals surface area contributed by atoms with Crippen LogP contribution in [0.5, 0.6) is 5.75 Å². The highest BCUT2D eigenvalue weighted by Gasteiger charge is 2.38. The molecule has 11 heteroatoms. The van der Waals surface area contributed by atoms with Crippen LogP contribution in [0.25, 0.3) is 0 Å². The van der Waals surface area contributed by atoms with Crippen LogP contribution in [0.1, 0.15) is 60.0 Å². The number of aromatic amines is 1. The van der Waals surface area contributed by atoms with Gasteiger partial charge in [0.25, 0.3) is 17.4 Å². The molecule has 2 amide bonds. The second-order valence-electron chi connectivity index (χ2n) is 10.9. The molecule has 2 aromatic carbocycles. The minimum Gasteiger partial charge on any atom is -0.497 e. The largest absolute Gasteiger partial charge is 0.497 e. The predicted octanol–water partition coefficient (Wildman–Crippen LogP) is 4.34. The fourth-order valence-corrected chi connectivity index (χ4v) is 5.10. The summed E-state index contributed by atoms with van der Waals surface area (Å²) in [5.41, 5.74) is -0.466. The van der Waals surface area contributed by atoms with Crippen molar-refractivity contribution in [3.63, 3.8) is 0 Å². The van der Waals surface area contributed by atoms with Crippen LogP contribution in [0.2, 0.25) is 0 Å². The average molecular weight is 556 g/mol. The maximum absolute atomic E-state index is 15.3. The topological polar surface area (TPSA) is 114 Å². The first-order chi connectivity index (χ1) is 19.1. The van der Waals surface area contributed by atoms with Crippen LogP contribution in [0, 0.1) is 17.6 Å². The molecule has 1 unspecified atom stereocenters. The number of benzene rings is 2. The fourth-order valence-electron chi connectivity index (χ4n) is 5.10. The van der Waals surface area contributed by atoms with Crippen molar-refractivity contribution >= 4 is 17.5 Å². The van der Waals surface area contributed by atoms with E-state index in [-0.39, 0.29) is 30.2 Å². The van der Waals surface area contributed by atoms with E-state index in [4.69, 9.17) is 14.0 Å². The third-order valence-electron chi connectivity index (χ3n) is 7.32. The molecule has 1 atom stereocenters. The summed E-state index contributed by atoms with van der Waals surface area (Å²) >= 11 is 0.